The van der Waals surface area contributed by atoms with Gasteiger partial charge in [-0.1, -0.05) is 25.1 Å². The van der Waals surface area contributed by atoms with Gasteiger partial charge in [0.1, 0.15) is 6.29 Å². The van der Waals surface area contributed by atoms with Crippen molar-refractivity contribution in [1.82, 2.24) is 0 Å². The van der Waals surface area contributed by atoms with E-state index in [1.165, 1.54) is 12.1 Å². The van der Waals surface area contributed by atoms with Gasteiger partial charge < -0.3 is 4.79 Å². The zero-order chi connectivity index (χ0) is 11.7. The molecular weight excluding hydrogens is 216 g/mol. The minimum absolute atomic E-state index is 0.0741. The van der Waals surface area contributed by atoms with Gasteiger partial charge in [0.15, 0.2) is 0 Å². The molecule has 0 heterocycles. The maximum Gasteiger partial charge on any atom is 0.294 e. The van der Waals surface area contributed by atoms with Crippen LogP contribution < -0.4 is 0 Å². The van der Waals surface area contributed by atoms with Gasteiger partial charge >= 0.3 is 0 Å². The summed E-state index contributed by atoms with van der Waals surface area (Å²) in [4.78, 5) is 9.33. The summed E-state index contributed by atoms with van der Waals surface area (Å²) in [5, 5.41) is 0. The molecule has 5 heteroatoms. The summed E-state index contributed by atoms with van der Waals surface area (Å²) < 4.78 is 29.2. The number of carbonyl (C=O) groups excluding carboxylic acids is 1. The summed E-state index contributed by atoms with van der Waals surface area (Å²) in [6, 6.07) is 7.42. The van der Waals surface area contributed by atoms with Crippen LogP contribution in [0.3, 0.4) is 0 Å². The van der Waals surface area contributed by atoms with E-state index in [1.807, 2.05) is 6.92 Å². The number of unbranched alkanes of at least 4 members (excludes halogenated alkanes) is 1. The van der Waals surface area contributed by atoms with Crippen LogP contribution in [0.4, 0.5) is 0 Å². The summed E-state index contributed by atoms with van der Waals surface area (Å²) in [6.07, 6.45) is 2.61. The second kappa shape index (κ2) is 7.14. The van der Waals surface area contributed by atoms with Crippen molar-refractivity contribution in [3.8, 4) is 0 Å². The Hall–Kier alpha value is -1.20. The van der Waals surface area contributed by atoms with Crippen molar-refractivity contribution in [2.45, 2.75) is 24.7 Å². The molecule has 0 unspecified atom stereocenters. The Morgan fingerprint density at radius 2 is 1.80 bits per heavy atom. The van der Waals surface area contributed by atoms with Gasteiger partial charge in [-0.2, -0.15) is 8.42 Å². The molecular formula is C10H14O4S. The Bertz CT molecular complexity index is 370. The van der Waals surface area contributed by atoms with E-state index in [2.05, 4.69) is 0 Å². The Morgan fingerprint density at radius 3 is 2.00 bits per heavy atom. The third kappa shape index (κ3) is 6.82. The summed E-state index contributed by atoms with van der Waals surface area (Å²) in [5.41, 5.74) is 0. The summed E-state index contributed by atoms with van der Waals surface area (Å²) in [5.74, 6) is 0. The number of hydrogen-bond acceptors (Lipinski definition) is 3. The molecule has 15 heavy (non-hydrogen) atoms. The van der Waals surface area contributed by atoms with Crippen molar-refractivity contribution in [3.63, 3.8) is 0 Å². The van der Waals surface area contributed by atoms with Crippen LogP contribution in [0, 0.1) is 0 Å². The molecule has 0 aliphatic rings. The first-order chi connectivity index (χ1) is 7.02. The second-order valence-corrected chi connectivity index (χ2v) is 4.16. The minimum Gasteiger partial charge on any atom is -0.303 e. The molecule has 0 aliphatic carbocycles. The molecule has 1 aromatic carbocycles. The van der Waals surface area contributed by atoms with Gasteiger partial charge in [-0.05, 0) is 18.6 Å². The third-order valence-corrected chi connectivity index (χ3v) is 2.32. The average Bonchev–Trinajstić information content (AvgIpc) is 2.20. The fourth-order valence-electron chi connectivity index (χ4n) is 0.710. The van der Waals surface area contributed by atoms with Gasteiger partial charge in [-0.3, -0.25) is 4.55 Å². The zero-order valence-electron chi connectivity index (χ0n) is 8.46. The van der Waals surface area contributed by atoms with Crippen LogP contribution in [-0.2, 0) is 14.9 Å². The Labute approximate surface area is 89.7 Å². The van der Waals surface area contributed by atoms with Crippen LogP contribution in [-0.4, -0.2) is 19.3 Å². The first-order valence-corrected chi connectivity index (χ1v) is 5.92. The first-order valence-electron chi connectivity index (χ1n) is 4.48. The normalized spacial score (nSPS) is 10.0. The molecule has 84 valence electrons. The molecule has 4 nitrogen and oxygen atoms in total. The van der Waals surface area contributed by atoms with Gasteiger partial charge in [0.2, 0.25) is 0 Å². The summed E-state index contributed by atoms with van der Waals surface area (Å²) in [7, 11) is -4.00. The maximum atomic E-state index is 10.4. The highest BCUT2D eigenvalue weighted by atomic mass is 32.2. The number of carbonyl (C=O) groups is 1. The molecule has 1 N–H and O–H groups in total. The van der Waals surface area contributed by atoms with Gasteiger partial charge in [-0.25, -0.2) is 0 Å². The van der Waals surface area contributed by atoms with E-state index in [4.69, 9.17) is 4.55 Å². The van der Waals surface area contributed by atoms with E-state index in [0.29, 0.717) is 6.42 Å². The highest BCUT2D eigenvalue weighted by molar-refractivity contribution is 7.85. The predicted octanol–water partition coefficient (Wildman–Crippen LogP) is 1.92. The Morgan fingerprint density at radius 1 is 1.27 bits per heavy atom. The highest BCUT2D eigenvalue weighted by Crippen LogP contribution is 2.05. The predicted molar refractivity (Wildman–Crippen MR) is 57.2 cm³/mol. The molecule has 0 bridgehead atoms. The van der Waals surface area contributed by atoms with Crippen LogP contribution in [0.5, 0.6) is 0 Å². The number of aldehydes is 1. The van der Waals surface area contributed by atoms with Gasteiger partial charge in [-0.15, -0.1) is 0 Å². The molecule has 0 radical (unpaired) electrons. The monoisotopic (exact) mass is 230 g/mol. The fraction of sp³-hybridized carbons (Fsp3) is 0.300. The average molecular weight is 230 g/mol. The van der Waals surface area contributed by atoms with Crippen molar-refractivity contribution < 1.29 is 17.8 Å². The molecule has 0 fully saturated rings. The van der Waals surface area contributed by atoms with Crippen molar-refractivity contribution in [2.75, 3.05) is 0 Å². The quantitative estimate of drug-likeness (QED) is 0.636. The highest BCUT2D eigenvalue weighted by Gasteiger charge is 2.05. The van der Waals surface area contributed by atoms with Crippen LogP contribution in [0.2, 0.25) is 0 Å². The van der Waals surface area contributed by atoms with Crippen LogP contribution in [0.25, 0.3) is 0 Å². The maximum absolute atomic E-state index is 10.4. The lowest BCUT2D eigenvalue weighted by Gasteiger charge is -1.92. The molecule has 1 aromatic rings. The Kier molecular flexibility index (Phi) is 6.57. The van der Waals surface area contributed by atoms with Gasteiger partial charge in [0.25, 0.3) is 10.1 Å². The lowest BCUT2D eigenvalue weighted by Crippen LogP contribution is -1.96. The lowest BCUT2D eigenvalue weighted by molar-refractivity contribution is -0.107. The molecule has 0 saturated carbocycles. The van der Waals surface area contributed by atoms with Crippen molar-refractivity contribution in [1.29, 1.82) is 0 Å². The third-order valence-electron chi connectivity index (χ3n) is 1.45. The zero-order valence-corrected chi connectivity index (χ0v) is 9.28. The van der Waals surface area contributed by atoms with Crippen LogP contribution in [0.1, 0.15) is 19.8 Å². The SMILES string of the molecule is CCCC=O.O=S(=O)(O)c1ccccc1. The topological polar surface area (TPSA) is 71.4 Å². The van der Waals surface area contributed by atoms with E-state index in [0.717, 1.165) is 12.7 Å². The molecule has 0 atom stereocenters. The van der Waals surface area contributed by atoms with Crippen molar-refractivity contribution in [2.24, 2.45) is 0 Å². The molecule has 0 aliphatic heterocycles. The molecule has 0 amide bonds. The molecule has 0 saturated heterocycles. The van der Waals surface area contributed by atoms with Crippen LogP contribution in [0.15, 0.2) is 35.2 Å². The van der Waals surface area contributed by atoms with E-state index < -0.39 is 10.1 Å². The number of hydrogen-bond donors (Lipinski definition) is 1. The number of benzene rings is 1. The van der Waals surface area contributed by atoms with Gasteiger partial charge in [0.05, 0.1) is 4.90 Å². The summed E-state index contributed by atoms with van der Waals surface area (Å²) >= 11 is 0. The van der Waals surface area contributed by atoms with Crippen molar-refractivity contribution in [3.05, 3.63) is 30.3 Å². The number of rotatable bonds is 3. The van der Waals surface area contributed by atoms with E-state index >= 15 is 0 Å². The Balaban J connectivity index is 0.000000336. The van der Waals surface area contributed by atoms with E-state index in [1.54, 1.807) is 18.2 Å². The lowest BCUT2D eigenvalue weighted by atomic mass is 10.4. The summed E-state index contributed by atoms with van der Waals surface area (Å²) in [6.45, 7) is 1.98. The smallest absolute Gasteiger partial charge is 0.294 e. The largest absolute Gasteiger partial charge is 0.303 e. The standard InChI is InChI=1S/C6H6O3S.C4H8O/c7-10(8,9)6-4-2-1-3-5-6;1-2-3-4-5/h1-5H,(H,7,8,9);4H,2-3H2,1H3. The second-order valence-electron chi connectivity index (χ2n) is 2.74. The van der Waals surface area contributed by atoms with E-state index in [9.17, 15) is 13.2 Å². The van der Waals surface area contributed by atoms with Crippen LogP contribution >= 0.6 is 0 Å². The van der Waals surface area contributed by atoms with Gasteiger partial charge in [0, 0.05) is 6.42 Å². The minimum atomic E-state index is -4.00. The first kappa shape index (κ1) is 13.8. The van der Waals surface area contributed by atoms with E-state index in [-0.39, 0.29) is 4.90 Å². The van der Waals surface area contributed by atoms with Crippen molar-refractivity contribution >= 4 is 16.4 Å². The molecule has 1 rings (SSSR count). The fourth-order valence-corrected chi connectivity index (χ4v) is 1.21. The molecule has 0 spiro atoms. The molecule has 0 aromatic heterocycles.